The van der Waals surface area contributed by atoms with Gasteiger partial charge < -0.3 is 0 Å². The third kappa shape index (κ3) is 2.17. The van der Waals surface area contributed by atoms with Crippen LogP contribution in [-0.4, -0.2) is 28.1 Å². The van der Waals surface area contributed by atoms with Crippen LogP contribution >= 0.6 is 45.1 Å². The van der Waals surface area contributed by atoms with Gasteiger partial charge in [0, 0.05) is 16.1 Å². The van der Waals surface area contributed by atoms with Crippen LogP contribution in [0.2, 0.25) is 0 Å². The van der Waals surface area contributed by atoms with Crippen LogP contribution in [0, 0.1) is 0 Å². The van der Waals surface area contributed by atoms with Crippen molar-refractivity contribution in [2.24, 2.45) is 0 Å². The van der Waals surface area contributed by atoms with Crippen LogP contribution in [0.4, 0.5) is 0 Å². The molecule has 9 heavy (non-hydrogen) atoms. The summed E-state index contributed by atoms with van der Waals surface area (Å²) < 4.78 is 0.555. The highest BCUT2D eigenvalue weighted by molar-refractivity contribution is 8.89. The maximum atomic E-state index is 4.61. The number of hydrogen-bond donors (Lipinski definition) is 2. The maximum Gasteiger partial charge on any atom is 0.0485 e. The summed E-state index contributed by atoms with van der Waals surface area (Å²) in [6.07, 6.45) is 2.26. The molecular formula is C5H12S4. The molecule has 0 bridgehead atoms. The molecule has 0 spiro atoms. The van der Waals surface area contributed by atoms with Crippen molar-refractivity contribution in [3.05, 3.63) is 0 Å². The average Bonchev–Trinajstić information content (AvgIpc) is 1.77. The molecule has 1 saturated heterocycles. The van der Waals surface area contributed by atoms with Gasteiger partial charge in [-0.25, -0.2) is 0 Å². The molecule has 2 atom stereocenters. The van der Waals surface area contributed by atoms with E-state index in [0.717, 1.165) is 0 Å². The van der Waals surface area contributed by atoms with Crippen LogP contribution in [0.15, 0.2) is 0 Å². The molecule has 0 amide bonds. The van der Waals surface area contributed by atoms with Crippen molar-refractivity contribution in [2.75, 3.05) is 23.5 Å². The van der Waals surface area contributed by atoms with E-state index in [0.29, 0.717) is 4.58 Å². The number of thioether (sulfide) groups is 1. The lowest BCUT2D eigenvalue weighted by Crippen LogP contribution is -2.19. The molecule has 0 aromatic carbocycles. The Hall–Kier alpha value is 1.40. The van der Waals surface area contributed by atoms with Crippen LogP contribution in [0.5, 0.6) is 0 Å². The molecule has 4 heteroatoms. The Morgan fingerprint density at radius 1 is 1.67 bits per heavy atom. The lowest BCUT2D eigenvalue weighted by atomic mass is 10.9. The second-order valence-corrected chi connectivity index (χ2v) is 10.2. The van der Waals surface area contributed by atoms with Gasteiger partial charge in [-0.2, -0.15) is 33.5 Å². The van der Waals surface area contributed by atoms with Crippen molar-refractivity contribution in [2.45, 2.75) is 4.58 Å². The maximum absolute atomic E-state index is 4.61. The van der Waals surface area contributed by atoms with E-state index in [2.05, 4.69) is 30.5 Å². The molecule has 1 fully saturated rings. The van der Waals surface area contributed by atoms with Crippen molar-refractivity contribution >= 4 is 45.1 Å². The summed E-state index contributed by atoms with van der Waals surface area (Å²) in [6.45, 7) is 0. The van der Waals surface area contributed by atoms with Crippen molar-refractivity contribution < 1.29 is 0 Å². The van der Waals surface area contributed by atoms with Gasteiger partial charge in [0.15, 0.2) is 0 Å². The predicted molar refractivity (Wildman–Crippen MR) is 57.5 cm³/mol. The highest BCUT2D eigenvalue weighted by Gasteiger charge is 2.25. The first kappa shape index (κ1) is 8.50. The van der Waals surface area contributed by atoms with E-state index in [1.807, 2.05) is 11.8 Å². The lowest BCUT2D eigenvalue weighted by molar-refractivity contribution is 1.35. The van der Waals surface area contributed by atoms with Crippen LogP contribution in [-0.2, 0) is 0 Å². The second-order valence-electron chi connectivity index (χ2n) is 2.34. The third-order valence-corrected chi connectivity index (χ3v) is 9.02. The summed E-state index contributed by atoms with van der Waals surface area (Å²) in [5.74, 6) is 3.75. The van der Waals surface area contributed by atoms with Crippen LogP contribution in [0.3, 0.4) is 0 Å². The zero-order valence-corrected chi connectivity index (χ0v) is 8.83. The molecule has 2 unspecified atom stereocenters. The number of thiol groups is 2. The summed E-state index contributed by atoms with van der Waals surface area (Å²) >= 11 is 11.1. The predicted octanol–water partition coefficient (Wildman–Crippen LogP) is 2.27. The summed E-state index contributed by atoms with van der Waals surface area (Å²) in [4.78, 5) is 0. The molecule has 1 heterocycles. The Morgan fingerprint density at radius 2 is 2.33 bits per heavy atom. The fraction of sp³-hybridized carbons (Fsp3) is 1.00. The zero-order valence-electron chi connectivity index (χ0n) is 5.41. The van der Waals surface area contributed by atoms with E-state index in [1.54, 1.807) is 0 Å². The topological polar surface area (TPSA) is 0 Å². The molecule has 1 rings (SSSR count). The highest BCUT2D eigenvalue weighted by atomic mass is 33.1. The fourth-order valence-electron chi connectivity index (χ4n) is 0.694. The van der Waals surface area contributed by atoms with Gasteiger partial charge >= 0.3 is 0 Å². The number of rotatable bonds is 0. The van der Waals surface area contributed by atoms with Crippen molar-refractivity contribution in [1.29, 1.82) is 0 Å². The monoisotopic (exact) mass is 200 g/mol. The Bertz CT molecular complexity index is 101. The molecule has 0 aromatic heterocycles. The quantitative estimate of drug-likeness (QED) is 0.447. The molecule has 0 aliphatic carbocycles. The van der Waals surface area contributed by atoms with E-state index in [4.69, 9.17) is 0 Å². The Kier molecular flexibility index (Phi) is 3.02. The minimum atomic E-state index is -0.624. The van der Waals surface area contributed by atoms with Crippen molar-refractivity contribution in [3.63, 3.8) is 0 Å². The molecular weight excluding hydrogens is 188 g/mol. The fourth-order valence-corrected chi connectivity index (χ4v) is 6.47. The van der Waals surface area contributed by atoms with Crippen LogP contribution in [0.25, 0.3) is 0 Å². The molecule has 56 valence electrons. The molecule has 1 aliphatic heterocycles. The SMILES string of the molecule is CS1(S)CCSCC1S. The lowest BCUT2D eigenvalue weighted by Gasteiger charge is -2.39. The van der Waals surface area contributed by atoms with Crippen LogP contribution in [0.1, 0.15) is 0 Å². The minimum absolute atomic E-state index is 0.555. The highest BCUT2D eigenvalue weighted by Crippen LogP contribution is 2.58. The van der Waals surface area contributed by atoms with E-state index in [-0.39, 0.29) is 0 Å². The van der Waals surface area contributed by atoms with Gasteiger partial charge in [-0.05, 0) is 12.0 Å². The smallest absolute Gasteiger partial charge is 0.0485 e. The standard InChI is InChI=1S/C5H12S4/c1-9(7)3-2-8-4-5(9)6/h5-7H,2-4H2,1H3. The first-order chi connectivity index (χ1) is 4.13. The van der Waals surface area contributed by atoms with E-state index < -0.39 is 9.06 Å². The van der Waals surface area contributed by atoms with Gasteiger partial charge in [0.05, 0.1) is 0 Å². The average molecular weight is 200 g/mol. The van der Waals surface area contributed by atoms with Gasteiger partial charge in [0.1, 0.15) is 0 Å². The van der Waals surface area contributed by atoms with Gasteiger partial charge in [0.25, 0.3) is 0 Å². The van der Waals surface area contributed by atoms with Gasteiger partial charge in [-0.3, -0.25) is 0 Å². The summed E-state index contributed by atoms with van der Waals surface area (Å²) in [6, 6.07) is 0. The third-order valence-electron chi connectivity index (χ3n) is 1.49. The Morgan fingerprint density at radius 3 is 2.67 bits per heavy atom. The largest absolute Gasteiger partial charge is 0.185 e. The molecule has 0 radical (unpaired) electrons. The summed E-state index contributed by atoms with van der Waals surface area (Å²) in [5, 5.41) is 0. The van der Waals surface area contributed by atoms with E-state index >= 15 is 0 Å². The van der Waals surface area contributed by atoms with Gasteiger partial charge in [-0.1, -0.05) is 0 Å². The molecule has 1 aliphatic rings. The first-order valence-electron chi connectivity index (χ1n) is 2.86. The number of hydrogen-bond acceptors (Lipinski definition) is 3. The van der Waals surface area contributed by atoms with Gasteiger partial charge in [-0.15, -0.1) is 11.7 Å². The van der Waals surface area contributed by atoms with Crippen LogP contribution < -0.4 is 0 Å². The van der Waals surface area contributed by atoms with Crippen molar-refractivity contribution in [3.8, 4) is 0 Å². The first-order valence-corrected chi connectivity index (χ1v) is 7.86. The Labute approximate surface area is 73.1 Å². The Balaban J connectivity index is 2.49. The van der Waals surface area contributed by atoms with Crippen molar-refractivity contribution in [1.82, 2.24) is 0 Å². The minimum Gasteiger partial charge on any atom is -0.185 e. The zero-order chi connectivity index (χ0) is 6.91. The molecule has 0 aromatic rings. The van der Waals surface area contributed by atoms with Gasteiger partial charge in [0.2, 0.25) is 0 Å². The molecule has 0 saturated carbocycles. The second kappa shape index (κ2) is 3.20. The molecule has 0 nitrogen and oxygen atoms in total. The molecule has 0 N–H and O–H groups in total. The van der Waals surface area contributed by atoms with E-state index in [9.17, 15) is 0 Å². The van der Waals surface area contributed by atoms with E-state index in [1.165, 1.54) is 17.3 Å². The normalized spacial score (nSPS) is 52.1. The summed E-state index contributed by atoms with van der Waals surface area (Å²) in [7, 11) is -0.624. The summed E-state index contributed by atoms with van der Waals surface area (Å²) in [5.41, 5.74) is 0.